The SMILES string of the molecule is COC(=O)c1ccc(-c2cc(OC)c(N)cc2C)cc1. The summed E-state index contributed by atoms with van der Waals surface area (Å²) in [6.07, 6.45) is 0. The van der Waals surface area contributed by atoms with Gasteiger partial charge in [-0.05, 0) is 47.9 Å². The number of esters is 1. The number of benzene rings is 2. The van der Waals surface area contributed by atoms with E-state index in [0.29, 0.717) is 17.0 Å². The van der Waals surface area contributed by atoms with Gasteiger partial charge in [0.1, 0.15) is 5.75 Å². The predicted molar refractivity (Wildman–Crippen MR) is 78.9 cm³/mol. The molecule has 0 fully saturated rings. The molecule has 2 aromatic carbocycles. The molecule has 20 heavy (non-hydrogen) atoms. The van der Waals surface area contributed by atoms with Gasteiger partial charge in [0.25, 0.3) is 0 Å². The van der Waals surface area contributed by atoms with Crippen molar-refractivity contribution in [2.75, 3.05) is 20.0 Å². The number of nitrogen functional groups attached to an aromatic ring is 1. The molecule has 2 N–H and O–H groups in total. The highest BCUT2D eigenvalue weighted by Crippen LogP contribution is 2.32. The lowest BCUT2D eigenvalue weighted by molar-refractivity contribution is 0.0601. The third-order valence-electron chi connectivity index (χ3n) is 3.19. The second kappa shape index (κ2) is 5.65. The molecule has 0 aliphatic heterocycles. The third kappa shape index (κ3) is 2.59. The van der Waals surface area contributed by atoms with Gasteiger partial charge in [0.05, 0.1) is 25.5 Å². The molecule has 0 atom stereocenters. The van der Waals surface area contributed by atoms with Crippen molar-refractivity contribution in [3.05, 3.63) is 47.5 Å². The Hall–Kier alpha value is -2.49. The number of nitrogens with two attached hydrogens (primary N) is 1. The minimum atomic E-state index is -0.344. The minimum absolute atomic E-state index is 0.344. The van der Waals surface area contributed by atoms with Gasteiger partial charge in [0, 0.05) is 0 Å². The molecule has 0 spiro atoms. The average Bonchev–Trinajstić information content (AvgIpc) is 2.47. The third-order valence-corrected chi connectivity index (χ3v) is 3.19. The van der Waals surface area contributed by atoms with Crippen LogP contribution in [0, 0.1) is 6.92 Å². The molecular formula is C16H17NO3. The van der Waals surface area contributed by atoms with E-state index in [0.717, 1.165) is 16.7 Å². The maximum atomic E-state index is 11.4. The van der Waals surface area contributed by atoms with Gasteiger partial charge in [-0.25, -0.2) is 4.79 Å². The van der Waals surface area contributed by atoms with Crippen LogP contribution >= 0.6 is 0 Å². The number of ether oxygens (including phenoxy) is 2. The first kappa shape index (κ1) is 13.9. The van der Waals surface area contributed by atoms with Gasteiger partial charge in [-0.15, -0.1) is 0 Å². The van der Waals surface area contributed by atoms with Crippen molar-refractivity contribution in [2.24, 2.45) is 0 Å². The van der Waals surface area contributed by atoms with Gasteiger partial charge < -0.3 is 15.2 Å². The van der Waals surface area contributed by atoms with Crippen molar-refractivity contribution in [3.8, 4) is 16.9 Å². The van der Waals surface area contributed by atoms with Crippen LogP contribution in [0.1, 0.15) is 15.9 Å². The summed E-state index contributed by atoms with van der Waals surface area (Å²) in [4.78, 5) is 11.4. The lowest BCUT2D eigenvalue weighted by atomic mass is 9.98. The summed E-state index contributed by atoms with van der Waals surface area (Å²) in [5.74, 6) is 0.297. The number of hydrogen-bond acceptors (Lipinski definition) is 4. The van der Waals surface area contributed by atoms with Gasteiger partial charge in [0.15, 0.2) is 0 Å². The normalized spacial score (nSPS) is 10.2. The van der Waals surface area contributed by atoms with Crippen LogP contribution in [0.2, 0.25) is 0 Å². The topological polar surface area (TPSA) is 61.5 Å². The number of carbonyl (C=O) groups excluding carboxylic acids is 1. The van der Waals surface area contributed by atoms with Crippen molar-refractivity contribution in [3.63, 3.8) is 0 Å². The summed E-state index contributed by atoms with van der Waals surface area (Å²) >= 11 is 0. The number of rotatable bonds is 3. The summed E-state index contributed by atoms with van der Waals surface area (Å²) in [5, 5.41) is 0. The lowest BCUT2D eigenvalue weighted by Gasteiger charge is -2.11. The van der Waals surface area contributed by atoms with Crippen LogP contribution in [0.4, 0.5) is 5.69 Å². The summed E-state index contributed by atoms with van der Waals surface area (Å²) in [6.45, 7) is 1.99. The molecule has 0 heterocycles. The summed E-state index contributed by atoms with van der Waals surface area (Å²) in [5.41, 5.74) is 10.1. The van der Waals surface area contributed by atoms with E-state index in [-0.39, 0.29) is 5.97 Å². The van der Waals surface area contributed by atoms with Crippen LogP contribution < -0.4 is 10.5 Å². The predicted octanol–water partition coefficient (Wildman–Crippen LogP) is 3.04. The van der Waals surface area contributed by atoms with E-state index in [2.05, 4.69) is 4.74 Å². The quantitative estimate of drug-likeness (QED) is 0.688. The van der Waals surface area contributed by atoms with Crippen LogP contribution in [0.3, 0.4) is 0 Å². The second-order valence-corrected chi connectivity index (χ2v) is 4.48. The molecule has 0 aliphatic rings. The fraction of sp³-hybridized carbons (Fsp3) is 0.188. The van der Waals surface area contributed by atoms with Crippen molar-refractivity contribution in [1.82, 2.24) is 0 Å². The van der Waals surface area contributed by atoms with E-state index in [4.69, 9.17) is 10.5 Å². The van der Waals surface area contributed by atoms with Crippen molar-refractivity contribution in [2.45, 2.75) is 6.92 Å². The Morgan fingerprint density at radius 3 is 2.30 bits per heavy atom. The second-order valence-electron chi connectivity index (χ2n) is 4.48. The number of aryl methyl sites for hydroxylation is 1. The molecule has 4 heteroatoms. The standard InChI is InChI=1S/C16H17NO3/c1-10-8-14(17)15(19-2)9-13(10)11-4-6-12(7-5-11)16(18)20-3/h4-9H,17H2,1-3H3. The van der Waals surface area contributed by atoms with Crippen LogP contribution in [0.5, 0.6) is 5.75 Å². The number of hydrogen-bond donors (Lipinski definition) is 1. The largest absolute Gasteiger partial charge is 0.495 e. The summed E-state index contributed by atoms with van der Waals surface area (Å²) < 4.78 is 9.92. The van der Waals surface area contributed by atoms with Crippen LogP contribution in [-0.4, -0.2) is 20.2 Å². The molecule has 0 saturated heterocycles. The molecule has 0 saturated carbocycles. The van der Waals surface area contributed by atoms with E-state index < -0.39 is 0 Å². The van der Waals surface area contributed by atoms with Crippen molar-refractivity contribution in [1.29, 1.82) is 0 Å². The molecule has 4 nitrogen and oxygen atoms in total. The molecule has 2 aromatic rings. The molecule has 0 bridgehead atoms. The van der Waals surface area contributed by atoms with Crippen LogP contribution in [0.15, 0.2) is 36.4 Å². The minimum Gasteiger partial charge on any atom is -0.495 e. The Kier molecular flexibility index (Phi) is 3.94. The van der Waals surface area contributed by atoms with E-state index in [9.17, 15) is 4.79 Å². The maximum Gasteiger partial charge on any atom is 0.337 e. The maximum absolute atomic E-state index is 11.4. The lowest BCUT2D eigenvalue weighted by Crippen LogP contribution is -2.00. The molecular weight excluding hydrogens is 254 g/mol. The first-order valence-corrected chi connectivity index (χ1v) is 6.19. The van der Waals surface area contributed by atoms with Crippen LogP contribution in [0.25, 0.3) is 11.1 Å². The van der Waals surface area contributed by atoms with E-state index >= 15 is 0 Å². The monoisotopic (exact) mass is 271 g/mol. The molecule has 0 radical (unpaired) electrons. The van der Waals surface area contributed by atoms with Gasteiger partial charge >= 0.3 is 5.97 Å². The fourth-order valence-corrected chi connectivity index (χ4v) is 2.10. The molecule has 0 unspecified atom stereocenters. The van der Waals surface area contributed by atoms with E-state index in [1.807, 2.05) is 31.2 Å². The number of anilines is 1. The molecule has 0 aromatic heterocycles. The van der Waals surface area contributed by atoms with Gasteiger partial charge in [-0.2, -0.15) is 0 Å². The summed E-state index contributed by atoms with van der Waals surface area (Å²) in [6, 6.07) is 11.0. The van der Waals surface area contributed by atoms with Gasteiger partial charge in [-0.3, -0.25) is 0 Å². The van der Waals surface area contributed by atoms with E-state index in [1.54, 1.807) is 19.2 Å². The molecule has 104 valence electrons. The first-order valence-electron chi connectivity index (χ1n) is 6.19. The first-order chi connectivity index (χ1) is 9.56. The highest BCUT2D eigenvalue weighted by molar-refractivity contribution is 5.90. The highest BCUT2D eigenvalue weighted by atomic mass is 16.5. The van der Waals surface area contributed by atoms with Gasteiger partial charge in [-0.1, -0.05) is 12.1 Å². The Labute approximate surface area is 118 Å². The smallest absolute Gasteiger partial charge is 0.337 e. The number of carbonyl (C=O) groups is 1. The zero-order valence-electron chi connectivity index (χ0n) is 11.8. The Morgan fingerprint density at radius 2 is 1.75 bits per heavy atom. The Bertz CT molecular complexity index is 633. The Morgan fingerprint density at radius 1 is 1.10 bits per heavy atom. The van der Waals surface area contributed by atoms with Crippen LogP contribution in [-0.2, 0) is 4.74 Å². The molecule has 0 amide bonds. The zero-order chi connectivity index (χ0) is 14.7. The molecule has 2 rings (SSSR count). The zero-order valence-corrected chi connectivity index (χ0v) is 11.8. The summed E-state index contributed by atoms with van der Waals surface area (Å²) in [7, 11) is 2.95. The number of methoxy groups -OCH3 is 2. The van der Waals surface area contributed by atoms with Crippen molar-refractivity contribution >= 4 is 11.7 Å². The van der Waals surface area contributed by atoms with E-state index in [1.165, 1.54) is 7.11 Å². The molecule has 0 aliphatic carbocycles. The Balaban J connectivity index is 2.44. The van der Waals surface area contributed by atoms with Gasteiger partial charge in [0.2, 0.25) is 0 Å². The highest BCUT2D eigenvalue weighted by Gasteiger charge is 2.09. The van der Waals surface area contributed by atoms with Crippen molar-refractivity contribution < 1.29 is 14.3 Å². The average molecular weight is 271 g/mol. The fourth-order valence-electron chi connectivity index (χ4n) is 2.10.